The highest BCUT2D eigenvalue weighted by molar-refractivity contribution is 8.14. The number of thioether (sulfide) groups is 1. The number of hydrogen-bond donors (Lipinski definition) is 1. The number of benzene rings is 1. The van der Waals surface area contributed by atoms with Crippen molar-refractivity contribution in [3.05, 3.63) is 30.3 Å². The molecule has 0 saturated carbocycles. The van der Waals surface area contributed by atoms with Gasteiger partial charge in [0.05, 0.1) is 0 Å². The molecule has 0 radical (unpaired) electrons. The quantitative estimate of drug-likeness (QED) is 0.291. The first-order chi connectivity index (χ1) is 5.33. The predicted molar refractivity (Wildman–Crippen MR) is 48.9 cm³/mol. The molecule has 0 atom stereocenters. The van der Waals surface area contributed by atoms with E-state index in [2.05, 4.69) is 5.92 Å². The summed E-state index contributed by atoms with van der Waals surface area (Å²) < 4.78 is 0. The van der Waals surface area contributed by atoms with Gasteiger partial charge in [0.15, 0.2) is 0 Å². The van der Waals surface area contributed by atoms with E-state index >= 15 is 0 Å². The molecule has 0 aliphatic rings. The van der Waals surface area contributed by atoms with E-state index in [1.165, 1.54) is 11.8 Å². The maximum absolute atomic E-state index is 7.20. The Balaban J connectivity index is 2.67. The van der Waals surface area contributed by atoms with Crippen molar-refractivity contribution in [2.24, 2.45) is 0 Å². The Morgan fingerprint density at radius 2 is 2.00 bits per heavy atom. The van der Waals surface area contributed by atoms with Crippen molar-refractivity contribution in [3.8, 4) is 12.3 Å². The van der Waals surface area contributed by atoms with Gasteiger partial charge in [0.25, 0.3) is 0 Å². The van der Waals surface area contributed by atoms with Gasteiger partial charge in [0, 0.05) is 4.90 Å². The van der Waals surface area contributed by atoms with Gasteiger partial charge in [-0.15, -0.1) is 6.42 Å². The molecule has 1 aromatic carbocycles. The minimum absolute atomic E-state index is 0.246. The average molecular weight is 161 g/mol. The van der Waals surface area contributed by atoms with Gasteiger partial charge >= 0.3 is 0 Å². The third kappa shape index (κ3) is 2.48. The van der Waals surface area contributed by atoms with E-state index in [1.807, 2.05) is 30.3 Å². The molecule has 0 unspecified atom stereocenters. The molecular weight excluding hydrogens is 154 g/mol. The van der Waals surface area contributed by atoms with E-state index < -0.39 is 0 Å². The molecule has 0 amide bonds. The highest BCUT2D eigenvalue weighted by atomic mass is 32.2. The molecule has 0 spiro atoms. The van der Waals surface area contributed by atoms with Crippen LogP contribution in [0.25, 0.3) is 0 Å². The van der Waals surface area contributed by atoms with Crippen LogP contribution in [0.15, 0.2) is 35.2 Å². The molecule has 0 aromatic heterocycles. The summed E-state index contributed by atoms with van der Waals surface area (Å²) in [4.78, 5) is 1.01. The standard InChI is InChI=1S/C9H7NS/c1-2-9(10)11-8-6-4-3-5-7-8/h1,3-7,10H. The fourth-order valence-electron chi connectivity index (χ4n) is 0.636. The van der Waals surface area contributed by atoms with E-state index in [9.17, 15) is 0 Å². The third-order valence-electron chi connectivity index (χ3n) is 1.09. The Morgan fingerprint density at radius 3 is 2.55 bits per heavy atom. The van der Waals surface area contributed by atoms with E-state index in [0.29, 0.717) is 0 Å². The second-order valence-electron chi connectivity index (χ2n) is 1.89. The molecule has 1 nitrogen and oxygen atoms in total. The number of hydrogen-bond acceptors (Lipinski definition) is 2. The van der Waals surface area contributed by atoms with Crippen LogP contribution in [0.3, 0.4) is 0 Å². The highest BCUT2D eigenvalue weighted by Crippen LogP contribution is 2.16. The lowest BCUT2D eigenvalue weighted by Gasteiger charge is -1.94. The van der Waals surface area contributed by atoms with Crippen LogP contribution in [0, 0.1) is 17.8 Å². The van der Waals surface area contributed by atoms with Crippen LogP contribution in [0.2, 0.25) is 0 Å². The molecule has 11 heavy (non-hydrogen) atoms. The van der Waals surface area contributed by atoms with Crippen molar-refractivity contribution in [1.82, 2.24) is 0 Å². The van der Waals surface area contributed by atoms with E-state index in [1.54, 1.807) is 0 Å². The zero-order valence-electron chi connectivity index (χ0n) is 5.87. The van der Waals surface area contributed by atoms with Crippen LogP contribution in [-0.2, 0) is 0 Å². The molecule has 1 aromatic rings. The lowest BCUT2D eigenvalue weighted by molar-refractivity contribution is 1.47. The zero-order chi connectivity index (χ0) is 8.10. The highest BCUT2D eigenvalue weighted by Gasteiger charge is 1.93. The molecule has 0 aliphatic carbocycles. The molecule has 0 saturated heterocycles. The number of nitrogens with one attached hydrogen (secondary N) is 1. The van der Waals surface area contributed by atoms with E-state index in [0.717, 1.165) is 4.90 Å². The van der Waals surface area contributed by atoms with Crippen molar-refractivity contribution in [3.63, 3.8) is 0 Å². The van der Waals surface area contributed by atoms with Gasteiger partial charge in [0.2, 0.25) is 0 Å². The van der Waals surface area contributed by atoms with Crippen LogP contribution in [-0.4, -0.2) is 5.04 Å². The largest absolute Gasteiger partial charge is 0.286 e. The molecular formula is C9H7NS. The third-order valence-corrected chi connectivity index (χ3v) is 1.92. The lowest BCUT2D eigenvalue weighted by Crippen LogP contribution is -1.81. The summed E-state index contributed by atoms with van der Waals surface area (Å²) in [5.41, 5.74) is 0. The Labute approximate surface area is 70.3 Å². The first-order valence-electron chi connectivity index (χ1n) is 3.11. The number of rotatable bonds is 1. The van der Waals surface area contributed by atoms with Gasteiger partial charge < -0.3 is 0 Å². The summed E-state index contributed by atoms with van der Waals surface area (Å²) in [6.07, 6.45) is 5.02. The van der Waals surface area contributed by atoms with Gasteiger partial charge in [-0.25, -0.2) is 0 Å². The SMILES string of the molecule is C#CC(=N)Sc1ccccc1. The van der Waals surface area contributed by atoms with Crippen molar-refractivity contribution in [2.75, 3.05) is 0 Å². The van der Waals surface area contributed by atoms with Crippen LogP contribution in [0.1, 0.15) is 0 Å². The summed E-state index contributed by atoms with van der Waals surface area (Å²) in [6, 6.07) is 9.63. The number of terminal acetylenes is 1. The van der Waals surface area contributed by atoms with Gasteiger partial charge in [0.1, 0.15) is 5.04 Å². The fraction of sp³-hybridized carbons (Fsp3) is 0. The fourth-order valence-corrected chi connectivity index (χ4v) is 1.22. The minimum Gasteiger partial charge on any atom is -0.286 e. The Bertz CT molecular complexity index is 284. The Morgan fingerprint density at radius 1 is 1.36 bits per heavy atom. The summed E-state index contributed by atoms with van der Waals surface area (Å²) in [7, 11) is 0. The molecule has 0 fully saturated rings. The average Bonchev–Trinajstić information content (AvgIpc) is 2.06. The van der Waals surface area contributed by atoms with Gasteiger partial charge in [-0.2, -0.15) is 0 Å². The maximum Gasteiger partial charge on any atom is 0.143 e. The molecule has 1 N–H and O–H groups in total. The Kier molecular flexibility index (Phi) is 2.76. The minimum atomic E-state index is 0.246. The Hall–Kier alpha value is -1.20. The monoisotopic (exact) mass is 161 g/mol. The molecule has 0 bridgehead atoms. The zero-order valence-corrected chi connectivity index (χ0v) is 6.69. The second-order valence-corrected chi connectivity index (χ2v) is 2.97. The molecule has 0 heterocycles. The smallest absolute Gasteiger partial charge is 0.143 e. The summed E-state index contributed by atoms with van der Waals surface area (Å²) >= 11 is 1.29. The second kappa shape index (κ2) is 3.85. The van der Waals surface area contributed by atoms with Crippen LogP contribution < -0.4 is 0 Å². The summed E-state index contributed by atoms with van der Waals surface area (Å²) in [6.45, 7) is 0. The van der Waals surface area contributed by atoms with Crippen molar-refractivity contribution in [1.29, 1.82) is 5.41 Å². The van der Waals surface area contributed by atoms with E-state index in [4.69, 9.17) is 11.8 Å². The van der Waals surface area contributed by atoms with Gasteiger partial charge in [-0.3, -0.25) is 5.41 Å². The lowest BCUT2D eigenvalue weighted by atomic mass is 10.4. The molecule has 1 rings (SSSR count). The molecule has 54 valence electrons. The van der Waals surface area contributed by atoms with Crippen LogP contribution >= 0.6 is 11.8 Å². The van der Waals surface area contributed by atoms with Crippen LogP contribution in [0.5, 0.6) is 0 Å². The maximum atomic E-state index is 7.20. The van der Waals surface area contributed by atoms with Crippen molar-refractivity contribution in [2.45, 2.75) is 4.90 Å². The van der Waals surface area contributed by atoms with Crippen molar-refractivity contribution < 1.29 is 0 Å². The van der Waals surface area contributed by atoms with Crippen molar-refractivity contribution >= 4 is 16.8 Å². The normalized spacial score (nSPS) is 8.64. The van der Waals surface area contributed by atoms with Gasteiger partial charge in [-0.1, -0.05) is 30.0 Å². The first-order valence-corrected chi connectivity index (χ1v) is 3.92. The predicted octanol–water partition coefficient (Wildman–Crippen LogP) is 2.39. The summed E-state index contributed by atoms with van der Waals surface area (Å²) in [5, 5.41) is 7.45. The topological polar surface area (TPSA) is 23.9 Å². The van der Waals surface area contributed by atoms with Gasteiger partial charge in [-0.05, 0) is 18.1 Å². The molecule has 0 aliphatic heterocycles. The van der Waals surface area contributed by atoms with E-state index in [-0.39, 0.29) is 5.04 Å². The van der Waals surface area contributed by atoms with Crippen LogP contribution in [0.4, 0.5) is 0 Å². The first kappa shape index (κ1) is 7.90. The summed E-state index contributed by atoms with van der Waals surface area (Å²) in [5.74, 6) is 2.26. The molecule has 2 heteroatoms.